The minimum Gasteiger partial charge on any atom is -0.378 e. The summed E-state index contributed by atoms with van der Waals surface area (Å²) in [6, 6.07) is 4.95. The van der Waals surface area contributed by atoms with Crippen LogP contribution in [-0.2, 0) is 16.1 Å². The first kappa shape index (κ1) is 19.4. The Morgan fingerprint density at radius 3 is 2.77 bits per heavy atom. The van der Waals surface area contributed by atoms with Crippen molar-refractivity contribution in [1.29, 1.82) is 0 Å². The highest BCUT2D eigenvalue weighted by Gasteiger charge is 2.45. The van der Waals surface area contributed by atoms with Gasteiger partial charge in [-0.25, -0.2) is 0 Å². The van der Waals surface area contributed by atoms with Gasteiger partial charge < -0.3 is 9.64 Å². The molecule has 2 saturated heterocycles. The molecule has 0 aliphatic carbocycles. The van der Waals surface area contributed by atoms with E-state index in [0.29, 0.717) is 32.8 Å². The van der Waals surface area contributed by atoms with Gasteiger partial charge in [-0.3, -0.25) is 29.0 Å². The average molecular weight is 409 g/mol. The van der Waals surface area contributed by atoms with Crippen LogP contribution in [0.1, 0.15) is 35.5 Å². The molecule has 5 heterocycles. The van der Waals surface area contributed by atoms with Crippen molar-refractivity contribution in [2.24, 2.45) is 5.92 Å². The third kappa shape index (κ3) is 3.54. The lowest BCUT2D eigenvalue weighted by molar-refractivity contribution is -0.142. The Hall–Kier alpha value is -2.58. The molecular weight excluding hydrogens is 382 g/mol. The zero-order valence-corrected chi connectivity index (χ0v) is 17.2. The van der Waals surface area contributed by atoms with E-state index in [1.807, 2.05) is 30.2 Å². The molecule has 0 unspecified atom stereocenters. The van der Waals surface area contributed by atoms with Crippen LogP contribution in [0.15, 0.2) is 35.4 Å². The predicted molar refractivity (Wildman–Crippen MR) is 110 cm³/mol. The van der Waals surface area contributed by atoms with Gasteiger partial charge in [0.2, 0.25) is 5.91 Å². The smallest absolute Gasteiger partial charge is 0.251 e. The number of rotatable bonds is 3. The normalized spacial score (nSPS) is 26.3. The van der Waals surface area contributed by atoms with Crippen LogP contribution >= 0.6 is 0 Å². The van der Waals surface area contributed by atoms with Crippen LogP contribution in [0.25, 0.3) is 0 Å². The lowest BCUT2D eigenvalue weighted by atomic mass is 9.78. The second-order valence-corrected chi connectivity index (χ2v) is 8.58. The maximum atomic E-state index is 13.5. The topological polar surface area (TPSA) is 80.6 Å². The Balaban J connectivity index is 1.46. The van der Waals surface area contributed by atoms with Crippen LogP contribution < -0.4 is 5.56 Å². The quantitative estimate of drug-likeness (QED) is 0.752. The van der Waals surface area contributed by atoms with E-state index in [-0.39, 0.29) is 23.3 Å². The first-order chi connectivity index (χ1) is 14.6. The molecule has 3 aliphatic rings. The summed E-state index contributed by atoms with van der Waals surface area (Å²) in [6.45, 7) is 6.55. The molecule has 0 radical (unpaired) electrons. The molecule has 158 valence electrons. The molecule has 0 saturated carbocycles. The van der Waals surface area contributed by atoms with E-state index in [0.717, 1.165) is 36.6 Å². The number of aryl methyl sites for hydroxylation is 1. The van der Waals surface area contributed by atoms with Crippen molar-refractivity contribution in [1.82, 2.24) is 24.3 Å². The summed E-state index contributed by atoms with van der Waals surface area (Å²) < 4.78 is 7.20. The number of hydrogen-bond acceptors (Lipinski definition) is 6. The number of fused-ring (bicyclic) bond motifs is 4. The predicted octanol–water partition coefficient (Wildman–Crippen LogP) is 0.966. The Bertz CT molecular complexity index is 983. The summed E-state index contributed by atoms with van der Waals surface area (Å²) >= 11 is 0. The molecule has 0 aromatic carbocycles. The Morgan fingerprint density at radius 1 is 1.17 bits per heavy atom. The first-order valence-corrected chi connectivity index (χ1v) is 10.7. The molecule has 8 heteroatoms. The number of pyridine rings is 1. The van der Waals surface area contributed by atoms with Gasteiger partial charge in [0.05, 0.1) is 24.6 Å². The molecular formula is C22H27N5O3. The van der Waals surface area contributed by atoms with Gasteiger partial charge in [-0.15, -0.1) is 0 Å². The fourth-order valence-corrected chi connectivity index (χ4v) is 5.18. The number of aromatic nitrogens is 3. The summed E-state index contributed by atoms with van der Waals surface area (Å²) in [5, 5.41) is 0. The van der Waals surface area contributed by atoms with Gasteiger partial charge in [0.15, 0.2) is 0 Å². The van der Waals surface area contributed by atoms with Crippen LogP contribution in [0.4, 0.5) is 0 Å². The van der Waals surface area contributed by atoms with Crippen LogP contribution in [-0.4, -0.2) is 69.6 Å². The molecule has 0 N–H and O–H groups in total. The monoisotopic (exact) mass is 409 g/mol. The average Bonchev–Trinajstić information content (AvgIpc) is 2.76. The third-order valence-electron chi connectivity index (χ3n) is 6.52. The van der Waals surface area contributed by atoms with E-state index in [1.54, 1.807) is 16.8 Å². The van der Waals surface area contributed by atoms with Crippen molar-refractivity contribution < 1.29 is 9.53 Å². The van der Waals surface area contributed by atoms with Crippen molar-refractivity contribution >= 4 is 5.91 Å². The third-order valence-corrected chi connectivity index (χ3v) is 6.52. The van der Waals surface area contributed by atoms with Crippen LogP contribution in [0, 0.1) is 12.8 Å². The van der Waals surface area contributed by atoms with Gasteiger partial charge >= 0.3 is 0 Å². The number of ether oxygens (including phenoxy) is 1. The molecule has 2 aromatic heterocycles. The highest BCUT2D eigenvalue weighted by molar-refractivity contribution is 5.81. The zero-order chi connectivity index (χ0) is 20.7. The lowest BCUT2D eigenvalue weighted by Crippen LogP contribution is -2.55. The van der Waals surface area contributed by atoms with Crippen molar-refractivity contribution in [2.75, 3.05) is 39.4 Å². The molecule has 3 atom stereocenters. The fourth-order valence-electron chi connectivity index (χ4n) is 5.18. The molecule has 2 fully saturated rings. The summed E-state index contributed by atoms with van der Waals surface area (Å²) in [6.07, 6.45) is 4.55. The SMILES string of the molecule is Cc1cnc(CN2C[C@@H]3C[C@H](C2)[C@H](C(=O)N2CCOCC2)n2c3cccc2=O)cn1. The second-order valence-electron chi connectivity index (χ2n) is 8.58. The fraction of sp³-hybridized carbons (Fsp3) is 0.545. The standard InChI is InChI=1S/C22H27N5O3/c1-15-10-24-18(11-23-15)14-25-12-16-9-17(13-25)21(22(29)26-5-7-30-8-6-26)27-19(16)3-2-4-20(27)28/h2-4,10-11,16-17,21H,5-9,12-14H2,1H3/t16-,17+,21+/m0/s1. The Kier molecular flexibility index (Phi) is 5.12. The number of morpholine rings is 1. The minimum absolute atomic E-state index is 0.0493. The largest absolute Gasteiger partial charge is 0.378 e. The lowest BCUT2D eigenvalue weighted by Gasteiger charge is -2.47. The molecule has 30 heavy (non-hydrogen) atoms. The number of piperidine rings is 1. The zero-order valence-electron chi connectivity index (χ0n) is 17.2. The number of likely N-dealkylation sites (tertiary alicyclic amines) is 1. The molecule has 8 nitrogen and oxygen atoms in total. The van der Waals surface area contributed by atoms with Crippen LogP contribution in [0.2, 0.25) is 0 Å². The van der Waals surface area contributed by atoms with E-state index in [2.05, 4.69) is 14.9 Å². The van der Waals surface area contributed by atoms with Crippen molar-refractivity contribution in [3.05, 3.63) is 58.0 Å². The van der Waals surface area contributed by atoms with Crippen molar-refractivity contribution in [3.8, 4) is 0 Å². The first-order valence-electron chi connectivity index (χ1n) is 10.7. The van der Waals surface area contributed by atoms with Gasteiger partial charge in [0, 0.05) is 68.7 Å². The van der Waals surface area contributed by atoms with E-state index < -0.39 is 6.04 Å². The van der Waals surface area contributed by atoms with Crippen LogP contribution in [0.3, 0.4) is 0 Å². The highest BCUT2D eigenvalue weighted by atomic mass is 16.5. The van der Waals surface area contributed by atoms with E-state index in [9.17, 15) is 9.59 Å². The van der Waals surface area contributed by atoms with Gasteiger partial charge in [0.1, 0.15) is 6.04 Å². The molecule has 0 spiro atoms. The minimum atomic E-state index is -0.449. The molecule has 2 bridgehead atoms. The van der Waals surface area contributed by atoms with Crippen LogP contribution in [0.5, 0.6) is 0 Å². The Labute approximate surface area is 175 Å². The summed E-state index contributed by atoms with van der Waals surface area (Å²) in [4.78, 5) is 39.5. The van der Waals surface area contributed by atoms with E-state index >= 15 is 0 Å². The van der Waals surface area contributed by atoms with E-state index in [1.165, 1.54) is 0 Å². The van der Waals surface area contributed by atoms with E-state index in [4.69, 9.17) is 4.74 Å². The molecule has 5 rings (SSSR count). The number of nitrogens with zero attached hydrogens (tertiary/aromatic N) is 5. The maximum absolute atomic E-state index is 13.5. The van der Waals surface area contributed by atoms with Gasteiger partial charge in [-0.05, 0) is 19.4 Å². The summed E-state index contributed by atoms with van der Waals surface area (Å²) in [5.41, 5.74) is 2.73. The number of carbonyl (C=O) groups is 1. The molecule has 3 aliphatic heterocycles. The number of amides is 1. The number of carbonyl (C=O) groups excluding carboxylic acids is 1. The molecule has 1 amide bonds. The highest BCUT2D eigenvalue weighted by Crippen LogP contribution is 2.42. The van der Waals surface area contributed by atoms with Gasteiger partial charge in [-0.2, -0.15) is 0 Å². The maximum Gasteiger partial charge on any atom is 0.251 e. The summed E-state index contributed by atoms with van der Waals surface area (Å²) in [7, 11) is 0. The molecule has 2 aromatic rings. The Morgan fingerprint density at radius 2 is 2.00 bits per heavy atom. The van der Waals surface area contributed by atoms with Gasteiger partial charge in [0.25, 0.3) is 5.56 Å². The second kappa shape index (κ2) is 7.92. The van der Waals surface area contributed by atoms with Crippen molar-refractivity contribution in [2.45, 2.75) is 31.8 Å². The van der Waals surface area contributed by atoms with Crippen molar-refractivity contribution in [3.63, 3.8) is 0 Å². The summed E-state index contributed by atoms with van der Waals surface area (Å²) in [5.74, 6) is 0.392. The van der Waals surface area contributed by atoms with Gasteiger partial charge in [-0.1, -0.05) is 6.07 Å². The number of hydrogen-bond donors (Lipinski definition) is 0.